The third kappa shape index (κ3) is 3.41. The Morgan fingerprint density at radius 2 is 1.32 bits per heavy atom. The maximum absolute atomic E-state index is 12.8. The predicted molar refractivity (Wildman–Crippen MR) is 126 cm³/mol. The largest absolute Gasteiger partial charge is 0.379 e. The Kier molecular flexibility index (Phi) is 6.06. The molecule has 0 amide bonds. The molecule has 2 fully saturated rings. The molecule has 1 unspecified atom stereocenters. The van der Waals surface area contributed by atoms with Gasteiger partial charge in [-0.1, -0.05) is 78.9 Å². The summed E-state index contributed by atoms with van der Waals surface area (Å²) in [5, 5.41) is 25.3. The molecule has 0 spiro atoms. The first-order valence-corrected chi connectivity index (χ1v) is 11.5. The molecule has 2 aliphatic heterocycles. The molecule has 2 aliphatic rings. The van der Waals surface area contributed by atoms with Crippen molar-refractivity contribution >= 4 is 0 Å². The first-order valence-electron chi connectivity index (χ1n) is 11.5. The van der Waals surface area contributed by atoms with Gasteiger partial charge in [-0.25, -0.2) is 0 Å². The standard InChI is InChI=1S/C28H30O6/c1-18-11-7-9-15-21(18)27(29)24-23(17-32-25(34-24)20-13-5-4-6-14-20)33-26(31-3)28(27,30)22-16-10-8-12-19(22)2/h4-16,23-26,29-30H,17H2,1-3H3/t23-,24-,25?,26+,27-,28+/m1/s1. The van der Waals surface area contributed by atoms with Crippen LogP contribution in [0.3, 0.4) is 0 Å². The SMILES string of the molecule is CO[C@H]1O[C@@H]2COC(c3ccccc3)O[C@H]2[C@](O)(c2ccccc2C)[C@]1(O)c1ccccc1C. The molecule has 0 aliphatic carbocycles. The van der Waals surface area contributed by atoms with E-state index in [9.17, 15) is 10.2 Å². The minimum Gasteiger partial charge on any atom is -0.379 e. The van der Waals surface area contributed by atoms with E-state index in [2.05, 4.69) is 0 Å². The van der Waals surface area contributed by atoms with Crippen LogP contribution in [0.5, 0.6) is 0 Å². The highest BCUT2D eigenvalue weighted by molar-refractivity contribution is 5.44. The number of aryl methyl sites for hydroxylation is 2. The number of rotatable bonds is 4. The summed E-state index contributed by atoms with van der Waals surface area (Å²) in [5.41, 5.74) is -0.385. The van der Waals surface area contributed by atoms with Crippen molar-refractivity contribution in [1.29, 1.82) is 0 Å². The van der Waals surface area contributed by atoms with Gasteiger partial charge in [0, 0.05) is 12.7 Å². The van der Waals surface area contributed by atoms with Crippen molar-refractivity contribution in [3.05, 3.63) is 107 Å². The second-order valence-corrected chi connectivity index (χ2v) is 9.04. The number of hydrogen-bond donors (Lipinski definition) is 2. The number of ether oxygens (including phenoxy) is 4. The molecule has 3 aromatic carbocycles. The highest BCUT2D eigenvalue weighted by Crippen LogP contribution is 2.55. The second kappa shape index (κ2) is 8.89. The van der Waals surface area contributed by atoms with E-state index in [0.717, 1.165) is 16.7 Å². The summed E-state index contributed by atoms with van der Waals surface area (Å²) in [6.45, 7) is 3.97. The molecule has 3 aromatic rings. The Hall–Kier alpha value is -2.58. The van der Waals surface area contributed by atoms with Gasteiger partial charge in [-0.15, -0.1) is 0 Å². The van der Waals surface area contributed by atoms with E-state index < -0.39 is 36.0 Å². The maximum atomic E-state index is 12.8. The predicted octanol–water partition coefficient (Wildman–Crippen LogP) is 3.86. The minimum absolute atomic E-state index is 0.169. The Morgan fingerprint density at radius 3 is 1.91 bits per heavy atom. The lowest BCUT2D eigenvalue weighted by atomic mass is 9.65. The van der Waals surface area contributed by atoms with E-state index in [1.54, 1.807) is 6.07 Å². The van der Waals surface area contributed by atoms with Gasteiger partial charge in [0.1, 0.15) is 12.2 Å². The lowest BCUT2D eigenvalue weighted by Crippen LogP contribution is -2.73. The van der Waals surface area contributed by atoms with Gasteiger partial charge in [-0.2, -0.15) is 0 Å². The molecule has 0 bridgehead atoms. The van der Waals surface area contributed by atoms with Crippen molar-refractivity contribution in [3.8, 4) is 0 Å². The first-order chi connectivity index (χ1) is 16.4. The lowest BCUT2D eigenvalue weighted by molar-refractivity contribution is -0.422. The van der Waals surface area contributed by atoms with Crippen LogP contribution in [0.2, 0.25) is 0 Å². The Balaban J connectivity index is 1.73. The van der Waals surface area contributed by atoms with Gasteiger partial charge in [-0.3, -0.25) is 0 Å². The normalized spacial score (nSPS) is 33.3. The zero-order chi connectivity index (χ0) is 23.9. The van der Waals surface area contributed by atoms with Gasteiger partial charge < -0.3 is 29.2 Å². The second-order valence-electron chi connectivity index (χ2n) is 9.04. The van der Waals surface area contributed by atoms with Crippen molar-refractivity contribution in [3.63, 3.8) is 0 Å². The van der Waals surface area contributed by atoms with Crippen molar-refractivity contribution in [2.24, 2.45) is 0 Å². The van der Waals surface area contributed by atoms with Gasteiger partial charge in [-0.05, 0) is 36.1 Å². The molecule has 2 heterocycles. The average molecular weight is 463 g/mol. The van der Waals surface area contributed by atoms with E-state index in [0.29, 0.717) is 11.1 Å². The van der Waals surface area contributed by atoms with Crippen molar-refractivity contribution in [2.75, 3.05) is 13.7 Å². The van der Waals surface area contributed by atoms with Crippen LogP contribution < -0.4 is 0 Å². The molecule has 5 rings (SSSR count). The fourth-order valence-electron chi connectivity index (χ4n) is 5.36. The van der Waals surface area contributed by atoms with E-state index in [4.69, 9.17) is 18.9 Å². The van der Waals surface area contributed by atoms with Crippen LogP contribution in [0.1, 0.15) is 34.1 Å². The average Bonchev–Trinajstić information content (AvgIpc) is 2.87. The van der Waals surface area contributed by atoms with Gasteiger partial charge in [0.05, 0.1) is 6.61 Å². The molecule has 6 atom stereocenters. The van der Waals surface area contributed by atoms with Crippen LogP contribution in [0, 0.1) is 13.8 Å². The van der Waals surface area contributed by atoms with Crippen molar-refractivity contribution < 1.29 is 29.2 Å². The topological polar surface area (TPSA) is 77.4 Å². The summed E-state index contributed by atoms with van der Waals surface area (Å²) in [5.74, 6) is 0. The number of aliphatic hydroxyl groups is 2. The van der Waals surface area contributed by atoms with E-state index >= 15 is 0 Å². The third-order valence-electron chi connectivity index (χ3n) is 7.05. The fraction of sp³-hybridized carbons (Fsp3) is 0.357. The number of methoxy groups -OCH3 is 1. The third-order valence-corrected chi connectivity index (χ3v) is 7.05. The van der Waals surface area contributed by atoms with E-state index in [1.165, 1.54) is 7.11 Å². The highest BCUT2D eigenvalue weighted by Gasteiger charge is 2.69. The summed E-state index contributed by atoms with van der Waals surface area (Å²) >= 11 is 0. The van der Waals surface area contributed by atoms with E-state index in [-0.39, 0.29) is 6.61 Å². The highest BCUT2D eigenvalue weighted by atomic mass is 16.8. The van der Waals surface area contributed by atoms with Crippen LogP contribution in [0.25, 0.3) is 0 Å². The zero-order valence-corrected chi connectivity index (χ0v) is 19.5. The molecule has 2 N–H and O–H groups in total. The molecule has 0 saturated carbocycles. The molecule has 0 radical (unpaired) electrons. The molecule has 0 aromatic heterocycles. The summed E-state index contributed by atoms with van der Waals surface area (Å²) in [4.78, 5) is 0. The van der Waals surface area contributed by atoms with Crippen LogP contribution in [-0.4, -0.2) is 42.4 Å². The Morgan fingerprint density at radius 1 is 0.765 bits per heavy atom. The molecular formula is C28H30O6. The van der Waals surface area contributed by atoms with E-state index in [1.807, 2.05) is 86.6 Å². The molecule has 178 valence electrons. The quantitative estimate of drug-likeness (QED) is 0.613. The summed E-state index contributed by atoms with van der Waals surface area (Å²) < 4.78 is 24.3. The first kappa shape index (κ1) is 23.2. The van der Waals surface area contributed by atoms with Crippen molar-refractivity contribution in [2.45, 2.75) is 49.8 Å². The van der Waals surface area contributed by atoms with Gasteiger partial charge in [0.15, 0.2) is 23.8 Å². The monoisotopic (exact) mass is 462 g/mol. The molecular weight excluding hydrogens is 432 g/mol. The van der Waals surface area contributed by atoms with Crippen LogP contribution in [0.4, 0.5) is 0 Å². The molecule has 2 saturated heterocycles. The molecule has 6 nitrogen and oxygen atoms in total. The summed E-state index contributed by atoms with van der Waals surface area (Å²) in [7, 11) is 1.46. The molecule has 6 heteroatoms. The van der Waals surface area contributed by atoms with Crippen LogP contribution in [-0.2, 0) is 30.1 Å². The van der Waals surface area contributed by atoms with Crippen LogP contribution in [0.15, 0.2) is 78.9 Å². The molecule has 34 heavy (non-hydrogen) atoms. The zero-order valence-electron chi connectivity index (χ0n) is 19.5. The minimum atomic E-state index is -1.97. The fourth-order valence-corrected chi connectivity index (χ4v) is 5.36. The van der Waals surface area contributed by atoms with Gasteiger partial charge in [0.25, 0.3) is 0 Å². The van der Waals surface area contributed by atoms with Crippen molar-refractivity contribution in [1.82, 2.24) is 0 Å². The Bertz CT molecular complexity index is 1150. The van der Waals surface area contributed by atoms with Gasteiger partial charge in [0.2, 0.25) is 0 Å². The Labute approximate surface area is 199 Å². The number of hydrogen-bond acceptors (Lipinski definition) is 6. The lowest BCUT2D eigenvalue weighted by Gasteiger charge is -2.58. The number of fused-ring (bicyclic) bond motifs is 1. The van der Waals surface area contributed by atoms with Gasteiger partial charge >= 0.3 is 0 Å². The number of benzene rings is 3. The summed E-state index contributed by atoms with van der Waals surface area (Å²) in [6.07, 6.45) is -3.50. The smallest absolute Gasteiger partial charge is 0.194 e. The van der Waals surface area contributed by atoms with Crippen LogP contribution >= 0.6 is 0 Å². The summed E-state index contributed by atoms with van der Waals surface area (Å²) in [6, 6.07) is 24.4. The maximum Gasteiger partial charge on any atom is 0.194 e.